The predicted octanol–water partition coefficient (Wildman–Crippen LogP) is 5.62. The summed E-state index contributed by atoms with van der Waals surface area (Å²) in [5, 5.41) is 4.03. The molecule has 1 fully saturated rings. The molecule has 0 saturated carbocycles. The Kier molecular flexibility index (Phi) is 10.7. The maximum Gasteiger partial charge on any atom is 0.245 e. The summed E-state index contributed by atoms with van der Waals surface area (Å²) < 4.78 is 37.2. The van der Waals surface area contributed by atoms with Gasteiger partial charge in [0, 0.05) is 47.1 Å². The Labute approximate surface area is 274 Å². The Morgan fingerprint density at radius 3 is 2.73 bits per heavy atom. The van der Waals surface area contributed by atoms with Crippen LogP contribution < -0.4 is 10.1 Å². The fraction of sp³-hybridized carbons (Fsp3) is 0.406. The highest BCUT2D eigenvalue weighted by atomic mass is 35.5. The van der Waals surface area contributed by atoms with E-state index >= 15 is 0 Å². The van der Waals surface area contributed by atoms with Crippen LogP contribution in [0.1, 0.15) is 43.4 Å². The molecule has 0 bridgehead atoms. The number of hydrogen-bond acceptors (Lipinski definition) is 7. The van der Waals surface area contributed by atoms with Crippen LogP contribution in [-0.4, -0.2) is 77.8 Å². The van der Waals surface area contributed by atoms with Crippen molar-refractivity contribution in [1.29, 1.82) is 0 Å². The number of fused-ring (bicyclic) bond motifs is 1. The van der Waals surface area contributed by atoms with Gasteiger partial charge in [0.25, 0.3) is 0 Å². The number of unbranched alkanes of at least 4 members (excludes halogenated alkanes) is 2. The average molecular weight is 674 g/mol. The van der Waals surface area contributed by atoms with Gasteiger partial charge in [0.1, 0.15) is 28.8 Å². The number of halogens is 2. The van der Waals surface area contributed by atoms with E-state index in [0.717, 1.165) is 42.6 Å². The third kappa shape index (κ3) is 7.44. The lowest BCUT2D eigenvalue weighted by Crippen LogP contribution is -2.46. The highest BCUT2D eigenvalue weighted by Gasteiger charge is 2.40. The zero-order valence-electron chi connectivity index (χ0n) is 25.7. The lowest BCUT2D eigenvalue weighted by Gasteiger charge is -2.24. The highest BCUT2D eigenvalue weighted by molar-refractivity contribution is 7.89. The number of carbonyl (C=O) groups is 1. The number of aryl methyl sites for hydroxylation is 1. The summed E-state index contributed by atoms with van der Waals surface area (Å²) in [5.74, 6) is 0.210. The Bertz CT molecular complexity index is 1770. The second-order valence-electron chi connectivity index (χ2n) is 11.5. The van der Waals surface area contributed by atoms with Gasteiger partial charge in [-0.1, -0.05) is 41.8 Å². The van der Waals surface area contributed by atoms with Crippen LogP contribution in [0.2, 0.25) is 10.0 Å². The standard InChI is InChI=1S/C32H38Cl2N6O4S/c1-22-19-27(39-18-15-35-21-39)23-9-7-11-28(31(23)37-22)44-20-24-25(33)12-13-29(30(24)34)45(42,43)40-17-8-10-26(40)32(41)36-14-5-4-6-16-38(2)3/h7,9,11-13,15,18-19,21,26H,4-6,8,10,14,16-17,20H2,1-3H3,(H,36,41)/t26-/m0/s1. The number of aromatic nitrogens is 3. The number of carbonyl (C=O) groups excluding carboxylic acids is 1. The lowest BCUT2D eigenvalue weighted by molar-refractivity contribution is -0.124. The van der Waals surface area contributed by atoms with Gasteiger partial charge in [0.05, 0.1) is 17.0 Å². The molecule has 2 aromatic heterocycles. The second kappa shape index (κ2) is 14.5. The molecule has 1 atom stereocenters. The van der Waals surface area contributed by atoms with E-state index in [0.29, 0.717) is 36.2 Å². The third-order valence-electron chi connectivity index (χ3n) is 7.89. The summed E-state index contributed by atoms with van der Waals surface area (Å²) in [5.41, 5.74) is 2.66. The number of nitrogens with one attached hydrogen (secondary N) is 1. The smallest absolute Gasteiger partial charge is 0.245 e. The van der Waals surface area contributed by atoms with Crippen LogP contribution >= 0.6 is 23.2 Å². The van der Waals surface area contributed by atoms with Gasteiger partial charge in [-0.05, 0) is 77.5 Å². The molecule has 10 nitrogen and oxygen atoms in total. The molecule has 13 heteroatoms. The number of rotatable bonds is 13. The molecule has 0 radical (unpaired) electrons. The summed E-state index contributed by atoms with van der Waals surface area (Å²) in [6.45, 7) is 3.54. The SMILES string of the molecule is Cc1cc(-n2ccnc2)c2cccc(OCc3c(Cl)ccc(S(=O)(=O)N4CCC[C@H]4C(=O)NCCCCCN(C)C)c3Cl)c2n1. The fourth-order valence-corrected chi connectivity index (χ4v) is 8.11. The highest BCUT2D eigenvalue weighted by Crippen LogP contribution is 2.37. The van der Waals surface area contributed by atoms with Gasteiger partial charge in [-0.25, -0.2) is 18.4 Å². The molecule has 3 heterocycles. The number of ether oxygens (including phenoxy) is 1. The van der Waals surface area contributed by atoms with Crippen molar-refractivity contribution in [3.05, 3.63) is 76.4 Å². The van der Waals surface area contributed by atoms with Crippen molar-refractivity contribution in [3.63, 3.8) is 0 Å². The first kappa shape index (κ1) is 33.2. The fourth-order valence-electron chi connectivity index (χ4n) is 5.59. The maximum absolute atomic E-state index is 13.9. The van der Waals surface area contributed by atoms with Crippen molar-refractivity contribution in [1.82, 2.24) is 29.1 Å². The van der Waals surface area contributed by atoms with Crippen LogP contribution in [0, 0.1) is 6.92 Å². The van der Waals surface area contributed by atoms with Gasteiger partial charge in [0.15, 0.2) is 0 Å². The molecule has 2 aromatic carbocycles. The quantitative estimate of drug-likeness (QED) is 0.184. The summed E-state index contributed by atoms with van der Waals surface area (Å²) in [4.78, 5) is 23.9. The Morgan fingerprint density at radius 1 is 1.16 bits per heavy atom. The molecule has 1 saturated heterocycles. The number of pyridine rings is 1. The van der Waals surface area contributed by atoms with Crippen LogP contribution in [0.3, 0.4) is 0 Å². The largest absolute Gasteiger partial charge is 0.487 e. The Balaban J connectivity index is 1.33. The number of benzene rings is 2. The van der Waals surface area contributed by atoms with E-state index in [1.54, 1.807) is 18.6 Å². The summed E-state index contributed by atoms with van der Waals surface area (Å²) in [6.07, 6.45) is 9.16. The number of para-hydroxylation sites is 1. The Morgan fingerprint density at radius 2 is 1.98 bits per heavy atom. The molecular formula is C32H38Cl2N6O4S. The van der Waals surface area contributed by atoms with Crippen LogP contribution in [0.5, 0.6) is 5.75 Å². The van der Waals surface area contributed by atoms with Crippen molar-refractivity contribution in [2.45, 2.75) is 56.6 Å². The summed E-state index contributed by atoms with van der Waals surface area (Å²) in [6, 6.07) is 9.67. The van der Waals surface area contributed by atoms with Crippen molar-refractivity contribution >= 4 is 50.0 Å². The van der Waals surface area contributed by atoms with E-state index in [1.165, 1.54) is 16.4 Å². The van der Waals surface area contributed by atoms with E-state index in [9.17, 15) is 13.2 Å². The third-order valence-corrected chi connectivity index (χ3v) is 10.7. The van der Waals surface area contributed by atoms with Gasteiger partial charge < -0.3 is 19.5 Å². The monoisotopic (exact) mass is 672 g/mol. The zero-order valence-corrected chi connectivity index (χ0v) is 28.0. The summed E-state index contributed by atoms with van der Waals surface area (Å²) in [7, 11) is -0.0459. The van der Waals surface area contributed by atoms with Crippen molar-refractivity contribution in [3.8, 4) is 11.4 Å². The van der Waals surface area contributed by atoms with Crippen molar-refractivity contribution in [2.75, 3.05) is 33.7 Å². The maximum atomic E-state index is 13.9. The molecule has 0 unspecified atom stereocenters. The summed E-state index contributed by atoms with van der Waals surface area (Å²) >= 11 is 13.3. The molecule has 4 aromatic rings. The predicted molar refractivity (Wildman–Crippen MR) is 177 cm³/mol. The lowest BCUT2D eigenvalue weighted by atomic mass is 10.1. The molecule has 0 aliphatic carbocycles. The van der Waals surface area contributed by atoms with E-state index in [1.807, 2.05) is 50.0 Å². The Hall–Kier alpha value is -3.22. The van der Waals surface area contributed by atoms with E-state index in [-0.39, 0.29) is 34.0 Å². The van der Waals surface area contributed by atoms with Gasteiger partial charge in [-0.2, -0.15) is 4.31 Å². The minimum Gasteiger partial charge on any atom is -0.487 e. The van der Waals surface area contributed by atoms with Gasteiger partial charge >= 0.3 is 0 Å². The number of sulfonamides is 1. The van der Waals surface area contributed by atoms with Crippen LogP contribution in [0.15, 0.2) is 60.0 Å². The topological polar surface area (TPSA) is 110 Å². The first-order valence-electron chi connectivity index (χ1n) is 15.0. The van der Waals surface area contributed by atoms with Crippen LogP contribution in [-0.2, 0) is 21.4 Å². The second-order valence-corrected chi connectivity index (χ2v) is 14.1. The van der Waals surface area contributed by atoms with Gasteiger partial charge in [0.2, 0.25) is 15.9 Å². The molecule has 1 amide bonds. The number of imidazole rings is 1. The molecule has 0 spiro atoms. The zero-order chi connectivity index (χ0) is 32.1. The van der Waals surface area contributed by atoms with Gasteiger partial charge in [-0.15, -0.1) is 0 Å². The van der Waals surface area contributed by atoms with E-state index < -0.39 is 16.1 Å². The van der Waals surface area contributed by atoms with Crippen LogP contribution in [0.4, 0.5) is 0 Å². The molecule has 1 aliphatic rings. The molecular weight excluding hydrogens is 635 g/mol. The normalized spacial score (nSPS) is 15.6. The molecule has 1 aliphatic heterocycles. The molecule has 1 N–H and O–H groups in total. The van der Waals surface area contributed by atoms with Crippen LogP contribution in [0.25, 0.3) is 16.6 Å². The first-order chi connectivity index (χ1) is 21.6. The number of hydrogen-bond donors (Lipinski definition) is 1. The number of nitrogens with zero attached hydrogens (tertiary/aromatic N) is 5. The van der Waals surface area contributed by atoms with Crippen molar-refractivity contribution in [2.24, 2.45) is 0 Å². The molecule has 240 valence electrons. The molecule has 5 rings (SSSR count). The number of amides is 1. The molecule has 45 heavy (non-hydrogen) atoms. The minimum atomic E-state index is -4.11. The van der Waals surface area contributed by atoms with E-state index in [4.69, 9.17) is 32.9 Å². The van der Waals surface area contributed by atoms with Crippen molar-refractivity contribution < 1.29 is 17.9 Å². The van der Waals surface area contributed by atoms with E-state index in [2.05, 4.69) is 15.2 Å². The van der Waals surface area contributed by atoms with Gasteiger partial charge in [-0.3, -0.25) is 4.79 Å². The average Bonchev–Trinajstić information content (AvgIpc) is 3.72. The minimum absolute atomic E-state index is 0.0297. The first-order valence-corrected chi connectivity index (χ1v) is 17.2.